The summed E-state index contributed by atoms with van der Waals surface area (Å²) in [6, 6.07) is -0.502. The van der Waals surface area contributed by atoms with Gasteiger partial charge < -0.3 is 9.47 Å². The Morgan fingerprint density at radius 1 is 1.25 bits per heavy atom. The van der Waals surface area contributed by atoms with E-state index in [1.54, 1.807) is 0 Å². The van der Waals surface area contributed by atoms with Crippen LogP contribution in [-0.2, 0) is 14.3 Å². The van der Waals surface area contributed by atoms with Crippen LogP contribution in [0.3, 0.4) is 0 Å². The Bertz CT molecular complexity index is 346. The van der Waals surface area contributed by atoms with Crippen LogP contribution < -0.4 is 0 Å². The van der Waals surface area contributed by atoms with E-state index in [0.29, 0.717) is 19.6 Å². The second-order valence-corrected chi connectivity index (χ2v) is 6.71. The van der Waals surface area contributed by atoms with Crippen LogP contribution in [0.25, 0.3) is 0 Å². The summed E-state index contributed by atoms with van der Waals surface area (Å²) in [7, 11) is 0. The SMILES string of the molecule is CC(C)COC(=O)C1CCCCN1C(=O)OC(C)(C)C. The van der Waals surface area contributed by atoms with Gasteiger partial charge in [0, 0.05) is 6.54 Å². The van der Waals surface area contributed by atoms with Gasteiger partial charge in [-0.2, -0.15) is 0 Å². The van der Waals surface area contributed by atoms with Gasteiger partial charge in [-0.15, -0.1) is 0 Å². The molecule has 0 bridgehead atoms. The molecule has 0 aromatic carbocycles. The molecule has 0 N–H and O–H groups in total. The highest BCUT2D eigenvalue weighted by Crippen LogP contribution is 2.21. The minimum absolute atomic E-state index is 0.289. The highest BCUT2D eigenvalue weighted by atomic mass is 16.6. The van der Waals surface area contributed by atoms with Crippen LogP contribution in [0.1, 0.15) is 53.9 Å². The standard InChI is InChI=1S/C15H27NO4/c1-11(2)10-19-13(17)12-8-6-7-9-16(12)14(18)20-15(3,4)5/h11-12H,6-10H2,1-5H3. The summed E-state index contributed by atoms with van der Waals surface area (Å²) in [6.45, 7) is 10.4. The molecule has 1 heterocycles. The van der Waals surface area contributed by atoms with Gasteiger partial charge in [0.2, 0.25) is 0 Å². The van der Waals surface area contributed by atoms with Gasteiger partial charge in [0.15, 0.2) is 0 Å². The molecule has 1 fully saturated rings. The van der Waals surface area contributed by atoms with E-state index in [1.165, 1.54) is 4.90 Å². The third kappa shape index (κ3) is 5.39. The molecule has 0 spiro atoms. The Morgan fingerprint density at radius 2 is 1.90 bits per heavy atom. The molecule has 0 aromatic heterocycles. The van der Waals surface area contributed by atoms with Gasteiger partial charge in [-0.1, -0.05) is 13.8 Å². The van der Waals surface area contributed by atoms with Crippen molar-refractivity contribution >= 4 is 12.1 Å². The number of piperidine rings is 1. The van der Waals surface area contributed by atoms with Crippen LogP contribution in [0.4, 0.5) is 4.79 Å². The molecule has 1 rings (SSSR count). The largest absolute Gasteiger partial charge is 0.464 e. The van der Waals surface area contributed by atoms with Crippen LogP contribution in [0, 0.1) is 5.92 Å². The molecule has 116 valence electrons. The number of rotatable bonds is 3. The second-order valence-electron chi connectivity index (χ2n) is 6.71. The number of amides is 1. The van der Waals surface area contributed by atoms with Crippen molar-refractivity contribution in [3.05, 3.63) is 0 Å². The van der Waals surface area contributed by atoms with E-state index in [0.717, 1.165) is 12.8 Å². The van der Waals surface area contributed by atoms with Crippen LogP contribution in [0.5, 0.6) is 0 Å². The summed E-state index contributed by atoms with van der Waals surface area (Å²) in [5.41, 5.74) is -0.555. The van der Waals surface area contributed by atoms with E-state index in [2.05, 4.69) is 0 Å². The number of hydrogen-bond acceptors (Lipinski definition) is 4. The fraction of sp³-hybridized carbons (Fsp3) is 0.867. The lowest BCUT2D eigenvalue weighted by atomic mass is 10.0. The number of hydrogen-bond donors (Lipinski definition) is 0. The van der Waals surface area contributed by atoms with Crippen LogP contribution >= 0.6 is 0 Å². The number of likely N-dealkylation sites (tertiary alicyclic amines) is 1. The van der Waals surface area contributed by atoms with Crippen molar-refractivity contribution < 1.29 is 19.1 Å². The minimum atomic E-state index is -0.555. The first-order chi connectivity index (χ1) is 9.20. The normalized spacial score (nSPS) is 19.9. The van der Waals surface area contributed by atoms with Gasteiger partial charge in [-0.05, 0) is 46.0 Å². The zero-order chi connectivity index (χ0) is 15.3. The van der Waals surface area contributed by atoms with E-state index >= 15 is 0 Å². The number of esters is 1. The van der Waals surface area contributed by atoms with Crippen molar-refractivity contribution in [3.63, 3.8) is 0 Å². The van der Waals surface area contributed by atoms with Crippen LogP contribution in [0.15, 0.2) is 0 Å². The molecular formula is C15H27NO4. The van der Waals surface area contributed by atoms with Crippen LogP contribution in [-0.4, -0.2) is 41.8 Å². The highest BCUT2D eigenvalue weighted by molar-refractivity contribution is 5.81. The van der Waals surface area contributed by atoms with Gasteiger partial charge in [0.25, 0.3) is 0 Å². The summed E-state index contributed by atoms with van der Waals surface area (Å²) in [5, 5.41) is 0. The van der Waals surface area contributed by atoms with Crippen molar-refractivity contribution in [1.29, 1.82) is 0 Å². The van der Waals surface area contributed by atoms with Crippen molar-refractivity contribution in [2.24, 2.45) is 5.92 Å². The third-order valence-electron chi connectivity index (χ3n) is 2.96. The van der Waals surface area contributed by atoms with E-state index in [-0.39, 0.29) is 11.9 Å². The predicted molar refractivity (Wildman–Crippen MR) is 76.4 cm³/mol. The lowest BCUT2D eigenvalue weighted by Gasteiger charge is -2.35. The fourth-order valence-corrected chi connectivity index (χ4v) is 2.06. The molecule has 1 aliphatic heterocycles. The molecule has 20 heavy (non-hydrogen) atoms. The smallest absolute Gasteiger partial charge is 0.411 e. The molecule has 0 radical (unpaired) electrons. The average molecular weight is 285 g/mol. The summed E-state index contributed by atoms with van der Waals surface area (Å²) in [6.07, 6.45) is 2.05. The molecule has 5 nitrogen and oxygen atoms in total. The predicted octanol–water partition coefficient (Wildman–Crippen LogP) is 2.98. The zero-order valence-corrected chi connectivity index (χ0v) is 13.3. The molecule has 0 aliphatic carbocycles. The molecule has 1 unspecified atom stereocenters. The molecule has 1 aliphatic rings. The second kappa shape index (κ2) is 6.95. The number of carbonyl (C=O) groups excluding carboxylic acids is 2. The van der Waals surface area contributed by atoms with Gasteiger partial charge in [-0.25, -0.2) is 9.59 Å². The lowest BCUT2D eigenvalue weighted by molar-refractivity contribution is -0.152. The lowest BCUT2D eigenvalue weighted by Crippen LogP contribution is -2.50. The molecule has 1 saturated heterocycles. The molecule has 0 saturated carbocycles. The van der Waals surface area contributed by atoms with Crippen molar-refractivity contribution in [1.82, 2.24) is 4.90 Å². The minimum Gasteiger partial charge on any atom is -0.464 e. The van der Waals surface area contributed by atoms with Crippen molar-refractivity contribution in [2.45, 2.75) is 65.5 Å². The Balaban J connectivity index is 2.66. The van der Waals surface area contributed by atoms with Crippen molar-refractivity contribution in [2.75, 3.05) is 13.2 Å². The zero-order valence-electron chi connectivity index (χ0n) is 13.3. The third-order valence-corrected chi connectivity index (χ3v) is 2.96. The first-order valence-electron chi connectivity index (χ1n) is 7.37. The van der Waals surface area contributed by atoms with E-state index in [9.17, 15) is 9.59 Å². The maximum Gasteiger partial charge on any atom is 0.411 e. The number of carbonyl (C=O) groups is 2. The molecular weight excluding hydrogens is 258 g/mol. The first kappa shape index (κ1) is 16.8. The first-order valence-corrected chi connectivity index (χ1v) is 7.37. The summed E-state index contributed by atoms with van der Waals surface area (Å²) >= 11 is 0. The van der Waals surface area contributed by atoms with Gasteiger partial charge in [0.1, 0.15) is 11.6 Å². The maximum atomic E-state index is 12.2. The summed E-state index contributed by atoms with van der Waals surface area (Å²) in [4.78, 5) is 25.8. The monoisotopic (exact) mass is 285 g/mol. The van der Waals surface area contributed by atoms with E-state index in [1.807, 2.05) is 34.6 Å². The van der Waals surface area contributed by atoms with Crippen molar-refractivity contribution in [3.8, 4) is 0 Å². The molecule has 1 amide bonds. The summed E-state index contributed by atoms with van der Waals surface area (Å²) < 4.78 is 10.6. The van der Waals surface area contributed by atoms with E-state index in [4.69, 9.17) is 9.47 Å². The quantitative estimate of drug-likeness (QED) is 0.748. The van der Waals surface area contributed by atoms with Gasteiger partial charge in [-0.3, -0.25) is 4.90 Å². The fourth-order valence-electron chi connectivity index (χ4n) is 2.06. The molecule has 1 atom stereocenters. The van der Waals surface area contributed by atoms with Gasteiger partial charge in [0.05, 0.1) is 6.61 Å². The maximum absolute atomic E-state index is 12.2. The Labute approximate surface area is 121 Å². The summed E-state index contributed by atoms with van der Waals surface area (Å²) in [5.74, 6) is -0.0261. The van der Waals surface area contributed by atoms with E-state index < -0.39 is 17.7 Å². The average Bonchev–Trinajstić information content (AvgIpc) is 2.33. The highest BCUT2D eigenvalue weighted by Gasteiger charge is 2.35. The topological polar surface area (TPSA) is 55.8 Å². The number of ether oxygens (including phenoxy) is 2. The number of nitrogens with zero attached hydrogens (tertiary/aromatic N) is 1. The van der Waals surface area contributed by atoms with Gasteiger partial charge >= 0.3 is 12.1 Å². The Hall–Kier alpha value is -1.26. The molecule has 0 aromatic rings. The Morgan fingerprint density at radius 3 is 2.45 bits per heavy atom. The molecule has 5 heteroatoms. The Kier molecular flexibility index (Phi) is 5.84. The van der Waals surface area contributed by atoms with Crippen LogP contribution in [0.2, 0.25) is 0 Å².